The van der Waals surface area contributed by atoms with Crippen LogP contribution in [-0.2, 0) is 4.79 Å². The number of benzene rings is 1. The van der Waals surface area contributed by atoms with Gasteiger partial charge in [0.05, 0.1) is 10.8 Å². The maximum atomic E-state index is 12.2. The van der Waals surface area contributed by atoms with E-state index in [1.54, 1.807) is 13.0 Å². The van der Waals surface area contributed by atoms with Crippen LogP contribution in [-0.4, -0.2) is 39.9 Å². The molecule has 2 aromatic rings. The molecule has 9 heteroatoms. The van der Waals surface area contributed by atoms with Gasteiger partial charge in [0.2, 0.25) is 5.91 Å². The van der Waals surface area contributed by atoms with E-state index in [1.165, 1.54) is 29.2 Å². The Kier molecular flexibility index (Phi) is 3.98. The van der Waals surface area contributed by atoms with Crippen molar-refractivity contribution in [3.63, 3.8) is 0 Å². The number of rotatable bonds is 4. The summed E-state index contributed by atoms with van der Waals surface area (Å²) in [5, 5.41) is 17.1. The highest BCUT2D eigenvalue weighted by Gasteiger charge is 2.37. The van der Waals surface area contributed by atoms with E-state index in [0.29, 0.717) is 5.76 Å². The van der Waals surface area contributed by atoms with Gasteiger partial charge in [-0.1, -0.05) is 17.3 Å². The summed E-state index contributed by atoms with van der Waals surface area (Å²) >= 11 is 0. The van der Waals surface area contributed by atoms with Crippen LogP contribution in [0.1, 0.15) is 16.2 Å². The zero-order valence-electron chi connectivity index (χ0n) is 12.8. The summed E-state index contributed by atoms with van der Waals surface area (Å²) in [6, 6.07) is 7.45. The minimum Gasteiger partial charge on any atom is -0.361 e. The van der Waals surface area contributed by atoms with Gasteiger partial charge in [-0.2, -0.15) is 0 Å². The molecule has 24 heavy (non-hydrogen) atoms. The third-order valence-corrected chi connectivity index (χ3v) is 3.75. The molecule has 0 saturated carbocycles. The molecule has 124 valence electrons. The lowest BCUT2D eigenvalue weighted by atomic mass is 9.98. The second-order valence-corrected chi connectivity index (χ2v) is 5.49. The van der Waals surface area contributed by atoms with E-state index in [-0.39, 0.29) is 42.0 Å². The van der Waals surface area contributed by atoms with Crippen molar-refractivity contribution in [1.29, 1.82) is 0 Å². The minimum atomic E-state index is -0.556. The first kappa shape index (κ1) is 15.7. The highest BCUT2D eigenvalue weighted by molar-refractivity contribution is 5.98. The Labute approximate surface area is 136 Å². The lowest BCUT2D eigenvalue weighted by Crippen LogP contribution is -2.54. The van der Waals surface area contributed by atoms with Crippen molar-refractivity contribution in [3.8, 4) is 0 Å². The molecule has 0 unspecified atom stereocenters. The number of anilines is 1. The maximum Gasteiger partial charge on any atom is 0.292 e. The predicted molar refractivity (Wildman–Crippen MR) is 82.4 cm³/mol. The fourth-order valence-corrected chi connectivity index (χ4v) is 2.41. The summed E-state index contributed by atoms with van der Waals surface area (Å²) in [7, 11) is 0. The van der Waals surface area contributed by atoms with Gasteiger partial charge < -0.3 is 14.7 Å². The van der Waals surface area contributed by atoms with Crippen molar-refractivity contribution >= 4 is 23.2 Å². The lowest BCUT2D eigenvalue weighted by Gasteiger charge is -2.37. The molecule has 0 aliphatic carbocycles. The van der Waals surface area contributed by atoms with E-state index in [1.807, 2.05) is 0 Å². The molecule has 0 radical (unpaired) electrons. The molecule has 2 amide bonds. The zero-order chi connectivity index (χ0) is 17.3. The van der Waals surface area contributed by atoms with Crippen LogP contribution in [0.2, 0.25) is 0 Å². The first-order chi connectivity index (χ1) is 11.5. The van der Waals surface area contributed by atoms with Crippen LogP contribution in [0, 0.1) is 23.0 Å². The van der Waals surface area contributed by atoms with Crippen molar-refractivity contribution in [2.24, 2.45) is 5.92 Å². The lowest BCUT2D eigenvalue weighted by molar-refractivity contribution is -0.383. The third kappa shape index (κ3) is 2.96. The number of aryl methyl sites for hydroxylation is 1. The number of likely N-dealkylation sites (tertiary alicyclic amines) is 1. The highest BCUT2D eigenvalue weighted by atomic mass is 16.6. The fraction of sp³-hybridized carbons (Fsp3) is 0.267. The fourth-order valence-electron chi connectivity index (χ4n) is 2.41. The summed E-state index contributed by atoms with van der Waals surface area (Å²) in [6.45, 7) is 2.15. The Morgan fingerprint density at radius 2 is 2.08 bits per heavy atom. The van der Waals surface area contributed by atoms with Crippen molar-refractivity contribution in [3.05, 3.63) is 51.9 Å². The summed E-state index contributed by atoms with van der Waals surface area (Å²) in [6.07, 6.45) is 0. The largest absolute Gasteiger partial charge is 0.361 e. The van der Waals surface area contributed by atoms with Gasteiger partial charge in [-0.25, -0.2) is 0 Å². The Morgan fingerprint density at radius 1 is 1.38 bits per heavy atom. The number of carbonyl (C=O) groups is 2. The number of hydrogen-bond acceptors (Lipinski definition) is 6. The molecule has 1 N–H and O–H groups in total. The zero-order valence-corrected chi connectivity index (χ0v) is 12.8. The molecule has 1 aromatic heterocycles. The van der Waals surface area contributed by atoms with Gasteiger partial charge in [0.1, 0.15) is 11.4 Å². The molecule has 2 heterocycles. The number of amides is 2. The SMILES string of the molecule is Cc1cc(C(=O)N2CC(C(=O)Nc3ccccc3[N+](=O)[O-])C2)no1. The average molecular weight is 330 g/mol. The molecule has 1 fully saturated rings. The monoisotopic (exact) mass is 330 g/mol. The van der Waals surface area contributed by atoms with E-state index in [0.717, 1.165) is 0 Å². The van der Waals surface area contributed by atoms with Crippen LogP contribution < -0.4 is 5.32 Å². The van der Waals surface area contributed by atoms with Crippen LogP contribution in [0.5, 0.6) is 0 Å². The molecular formula is C15H14N4O5. The van der Waals surface area contributed by atoms with Gasteiger partial charge in [-0.05, 0) is 13.0 Å². The van der Waals surface area contributed by atoms with Gasteiger partial charge in [-0.15, -0.1) is 0 Å². The topological polar surface area (TPSA) is 119 Å². The molecule has 1 aliphatic rings. The van der Waals surface area contributed by atoms with Gasteiger partial charge in [-0.3, -0.25) is 19.7 Å². The number of para-hydroxylation sites is 2. The summed E-state index contributed by atoms with van der Waals surface area (Å²) in [4.78, 5) is 36.1. The van der Waals surface area contributed by atoms with E-state index in [2.05, 4.69) is 10.5 Å². The van der Waals surface area contributed by atoms with E-state index < -0.39 is 10.8 Å². The van der Waals surface area contributed by atoms with Gasteiger partial charge in [0, 0.05) is 25.2 Å². The molecule has 0 spiro atoms. The van der Waals surface area contributed by atoms with Crippen LogP contribution in [0.15, 0.2) is 34.9 Å². The summed E-state index contributed by atoms with van der Waals surface area (Å²) in [5.41, 5.74) is 0.172. The van der Waals surface area contributed by atoms with Crippen molar-refractivity contribution < 1.29 is 19.0 Å². The second kappa shape index (κ2) is 6.11. The average Bonchev–Trinajstić information content (AvgIpc) is 2.92. The first-order valence-corrected chi connectivity index (χ1v) is 7.22. The second-order valence-electron chi connectivity index (χ2n) is 5.49. The van der Waals surface area contributed by atoms with Gasteiger partial charge in [0.15, 0.2) is 5.69 Å². The minimum absolute atomic E-state index is 0.143. The number of nitrogens with one attached hydrogen (secondary N) is 1. The Morgan fingerprint density at radius 3 is 2.71 bits per heavy atom. The first-order valence-electron chi connectivity index (χ1n) is 7.22. The smallest absolute Gasteiger partial charge is 0.292 e. The van der Waals surface area contributed by atoms with E-state index in [4.69, 9.17) is 4.52 Å². The Hall–Kier alpha value is -3.23. The molecule has 3 rings (SSSR count). The standard InChI is InChI=1S/C15H14N4O5/c1-9-6-12(17-24-9)15(21)18-7-10(8-18)14(20)16-11-4-2-3-5-13(11)19(22)23/h2-6,10H,7-8H2,1H3,(H,16,20). The van der Waals surface area contributed by atoms with Crippen LogP contribution in [0.25, 0.3) is 0 Å². The molecule has 0 bridgehead atoms. The summed E-state index contributed by atoms with van der Waals surface area (Å²) in [5.74, 6) is -0.544. The Bertz CT molecular complexity index is 810. The van der Waals surface area contributed by atoms with Gasteiger partial charge in [0.25, 0.3) is 11.6 Å². The van der Waals surface area contributed by atoms with Crippen LogP contribution in [0.4, 0.5) is 11.4 Å². The third-order valence-electron chi connectivity index (χ3n) is 3.75. The highest BCUT2D eigenvalue weighted by Crippen LogP contribution is 2.26. The normalized spacial score (nSPS) is 14.1. The molecule has 1 aliphatic heterocycles. The number of nitro benzene ring substituents is 1. The van der Waals surface area contributed by atoms with Crippen molar-refractivity contribution in [2.45, 2.75) is 6.92 Å². The van der Waals surface area contributed by atoms with Crippen LogP contribution >= 0.6 is 0 Å². The van der Waals surface area contributed by atoms with E-state index >= 15 is 0 Å². The molecule has 0 atom stereocenters. The number of carbonyl (C=O) groups excluding carboxylic acids is 2. The van der Waals surface area contributed by atoms with Gasteiger partial charge >= 0.3 is 0 Å². The number of nitro groups is 1. The van der Waals surface area contributed by atoms with Crippen molar-refractivity contribution in [2.75, 3.05) is 18.4 Å². The molecule has 9 nitrogen and oxygen atoms in total. The maximum absolute atomic E-state index is 12.2. The molecule has 1 aromatic carbocycles. The van der Waals surface area contributed by atoms with Crippen LogP contribution in [0.3, 0.4) is 0 Å². The predicted octanol–water partition coefficient (Wildman–Crippen LogP) is 1.60. The number of nitrogens with zero attached hydrogens (tertiary/aromatic N) is 3. The Balaban J connectivity index is 1.59. The molecule has 1 saturated heterocycles. The van der Waals surface area contributed by atoms with Crippen molar-refractivity contribution in [1.82, 2.24) is 10.1 Å². The molecular weight excluding hydrogens is 316 g/mol. The number of aromatic nitrogens is 1. The number of hydrogen-bond donors (Lipinski definition) is 1. The van der Waals surface area contributed by atoms with E-state index in [9.17, 15) is 19.7 Å². The summed E-state index contributed by atoms with van der Waals surface area (Å²) < 4.78 is 4.85. The quantitative estimate of drug-likeness (QED) is 0.672.